The van der Waals surface area contributed by atoms with Crippen LogP contribution in [0.3, 0.4) is 0 Å². The van der Waals surface area contributed by atoms with Crippen molar-refractivity contribution in [3.05, 3.63) is 24.3 Å². The maximum absolute atomic E-state index is 10.1. The van der Waals surface area contributed by atoms with E-state index < -0.39 is 0 Å². The molecule has 0 aromatic heterocycles. The van der Waals surface area contributed by atoms with Crippen molar-refractivity contribution in [2.24, 2.45) is 0 Å². The van der Waals surface area contributed by atoms with E-state index in [0.29, 0.717) is 13.0 Å². The van der Waals surface area contributed by atoms with Crippen molar-refractivity contribution < 1.29 is 14.3 Å². The monoisotopic (exact) mass is 222 g/mol. The molecule has 1 rings (SSSR count). The van der Waals surface area contributed by atoms with E-state index >= 15 is 0 Å². The Morgan fingerprint density at radius 2 is 1.62 bits per heavy atom. The number of hydrogen-bond acceptors (Lipinski definition) is 3. The first-order chi connectivity index (χ1) is 7.86. The topological polar surface area (TPSA) is 35.5 Å². The summed E-state index contributed by atoms with van der Waals surface area (Å²) in [6.07, 6.45) is 3.47. The summed E-state index contributed by atoms with van der Waals surface area (Å²) in [5, 5.41) is 0. The lowest BCUT2D eigenvalue weighted by Gasteiger charge is -2.07. The molecular formula is C13H18O3. The predicted octanol–water partition coefficient (Wildman–Crippen LogP) is 2.83. The number of benzene rings is 1. The van der Waals surface area contributed by atoms with Crippen LogP contribution >= 0.6 is 0 Å². The average molecular weight is 222 g/mol. The van der Waals surface area contributed by atoms with Crippen LogP contribution in [-0.4, -0.2) is 19.5 Å². The minimum Gasteiger partial charge on any atom is -0.494 e. The van der Waals surface area contributed by atoms with Gasteiger partial charge in [0.2, 0.25) is 0 Å². The highest BCUT2D eigenvalue weighted by Crippen LogP contribution is 2.17. The van der Waals surface area contributed by atoms with Crippen LogP contribution in [0.15, 0.2) is 24.3 Å². The molecule has 0 radical (unpaired) electrons. The third-order valence-corrected chi connectivity index (χ3v) is 2.09. The van der Waals surface area contributed by atoms with Crippen molar-refractivity contribution in [3.63, 3.8) is 0 Å². The molecule has 0 saturated heterocycles. The van der Waals surface area contributed by atoms with Crippen LogP contribution in [-0.2, 0) is 4.79 Å². The van der Waals surface area contributed by atoms with Gasteiger partial charge in [-0.1, -0.05) is 13.3 Å². The first-order valence-electron chi connectivity index (χ1n) is 5.66. The molecular weight excluding hydrogens is 204 g/mol. The molecule has 3 nitrogen and oxygen atoms in total. The van der Waals surface area contributed by atoms with E-state index in [9.17, 15) is 4.79 Å². The highest BCUT2D eigenvalue weighted by Gasteiger charge is 1.96. The van der Waals surface area contributed by atoms with E-state index in [-0.39, 0.29) is 0 Å². The van der Waals surface area contributed by atoms with E-state index in [4.69, 9.17) is 9.47 Å². The molecule has 1 aromatic rings. The lowest BCUT2D eigenvalue weighted by molar-refractivity contribution is -0.108. The van der Waals surface area contributed by atoms with Gasteiger partial charge in [0.05, 0.1) is 13.2 Å². The number of carbonyl (C=O) groups is 1. The zero-order valence-corrected chi connectivity index (χ0v) is 9.65. The molecule has 0 bridgehead atoms. The summed E-state index contributed by atoms with van der Waals surface area (Å²) >= 11 is 0. The van der Waals surface area contributed by atoms with Gasteiger partial charge in [0.1, 0.15) is 17.8 Å². The van der Waals surface area contributed by atoms with Crippen LogP contribution in [0.1, 0.15) is 26.2 Å². The van der Waals surface area contributed by atoms with Crippen LogP contribution in [0.25, 0.3) is 0 Å². The quantitative estimate of drug-likeness (QED) is 0.501. The van der Waals surface area contributed by atoms with Gasteiger partial charge in [0.25, 0.3) is 0 Å². The van der Waals surface area contributed by atoms with E-state index in [1.54, 1.807) is 0 Å². The fourth-order valence-corrected chi connectivity index (χ4v) is 1.19. The largest absolute Gasteiger partial charge is 0.494 e. The van der Waals surface area contributed by atoms with Crippen molar-refractivity contribution in [3.8, 4) is 11.5 Å². The molecule has 0 N–H and O–H groups in total. The fraction of sp³-hybridized carbons (Fsp3) is 0.462. The molecule has 0 unspecified atom stereocenters. The minimum absolute atomic E-state index is 0.425. The van der Waals surface area contributed by atoms with Gasteiger partial charge in [-0.05, 0) is 30.7 Å². The standard InChI is InChI=1S/C13H18O3/c1-2-3-10-15-12-5-7-13(8-6-12)16-11-4-9-14/h5-9H,2-4,10-11H2,1H3. The Labute approximate surface area is 96.4 Å². The molecule has 0 saturated carbocycles. The van der Waals surface area contributed by atoms with Crippen LogP contribution in [0.2, 0.25) is 0 Å². The summed E-state index contributed by atoms with van der Waals surface area (Å²) in [6.45, 7) is 3.31. The Kier molecular flexibility index (Phi) is 6.07. The lowest BCUT2D eigenvalue weighted by Crippen LogP contribution is -1.98. The van der Waals surface area contributed by atoms with E-state index in [1.807, 2.05) is 24.3 Å². The van der Waals surface area contributed by atoms with E-state index in [1.165, 1.54) is 0 Å². The number of unbranched alkanes of at least 4 members (excludes halogenated alkanes) is 1. The highest BCUT2D eigenvalue weighted by atomic mass is 16.5. The SMILES string of the molecule is CCCCOc1ccc(OCCC=O)cc1. The van der Waals surface area contributed by atoms with Gasteiger partial charge in [-0.15, -0.1) is 0 Å². The van der Waals surface area contributed by atoms with Gasteiger partial charge in [-0.2, -0.15) is 0 Å². The number of carbonyl (C=O) groups excluding carboxylic acids is 1. The van der Waals surface area contributed by atoms with Crippen molar-refractivity contribution in [2.75, 3.05) is 13.2 Å². The zero-order chi connectivity index (χ0) is 11.6. The van der Waals surface area contributed by atoms with Crippen molar-refractivity contribution in [1.82, 2.24) is 0 Å². The minimum atomic E-state index is 0.425. The van der Waals surface area contributed by atoms with Gasteiger partial charge in [0, 0.05) is 6.42 Å². The van der Waals surface area contributed by atoms with Crippen molar-refractivity contribution in [2.45, 2.75) is 26.2 Å². The normalized spacial score (nSPS) is 9.81. The smallest absolute Gasteiger partial charge is 0.123 e. The molecule has 0 atom stereocenters. The number of rotatable bonds is 8. The van der Waals surface area contributed by atoms with Gasteiger partial charge >= 0.3 is 0 Å². The average Bonchev–Trinajstić information content (AvgIpc) is 2.32. The Morgan fingerprint density at radius 1 is 1.06 bits per heavy atom. The van der Waals surface area contributed by atoms with Crippen LogP contribution in [0, 0.1) is 0 Å². The Balaban J connectivity index is 2.32. The summed E-state index contributed by atoms with van der Waals surface area (Å²) in [6, 6.07) is 7.47. The molecule has 0 amide bonds. The predicted molar refractivity (Wildman–Crippen MR) is 63.0 cm³/mol. The van der Waals surface area contributed by atoms with Crippen LogP contribution < -0.4 is 9.47 Å². The highest BCUT2D eigenvalue weighted by molar-refractivity contribution is 5.49. The number of hydrogen-bond donors (Lipinski definition) is 0. The number of ether oxygens (including phenoxy) is 2. The maximum Gasteiger partial charge on any atom is 0.123 e. The van der Waals surface area contributed by atoms with Gasteiger partial charge in [0.15, 0.2) is 0 Å². The van der Waals surface area contributed by atoms with Gasteiger partial charge < -0.3 is 14.3 Å². The summed E-state index contributed by atoms with van der Waals surface area (Å²) in [4.78, 5) is 10.1. The fourth-order valence-electron chi connectivity index (χ4n) is 1.19. The zero-order valence-electron chi connectivity index (χ0n) is 9.65. The molecule has 0 heterocycles. The third-order valence-electron chi connectivity index (χ3n) is 2.09. The second-order valence-electron chi connectivity index (χ2n) is 3.48. The first-order valence-corrected chi connectivity index (χ1v) is 5.66. The molecule has 3 heteroatoms. The lowest BCUT2D eigenvalue weighted by atomic mass is 10.3. The third kappa shape index (κ3) is 4.82. The molecule has 1 aromatic carbocycles. The van der Waals surface area contributed by atoms with Gasteiger partial charge in [-0.25, -0.2) is 0 Å². The summed E-state index contributed by atoms with van der Waals surface area (Å²) in [7, 11) is 0. The van der Waals surface area contributed by atoms with Crippen molar-refractivity contribution in [1.29, 1.82) is 0 Å². The summed E-state index contributed by atoms with van der Waals surface area (Å²) < 4.78 is 10.9. The Morgan fingerprint density at radius 3 is 2.12 bits per heavy atom. The van der Waals surface area contributed by atoms with Crippen molar-refractivity contribution >= 4 is 6.29 Å². The molecule has 0 aliphatic rings. The molecule has 0 aliphatic heterocycles. The summed E-state index contributed by atoms with van der Waals surface area (Å²) in [5.41, 5.74) is 0. The molecule has 16 heavy (non-hydrogen) atoms. The van der Waals surface area contributed by atoms with Crippen LogP contribution in [0.5, 0.6) is 11.5 Å². The second-order valence-corrected chi connectivity index (χ2v) is 3.48. The first kappa shape index (κ1) is 12.6. The molecule has 88 valence electrons. The number of aldehydes is 1. The van der Waals surface area contributed by atoms with E-state index in [2.05, 4.69) is 6.92 Å². The second kappa shape index (κ2) is 7.74. The van der Waals surface area contributed by atoms with Gasteiger partial charge in [-0.3, -0.25) is 0 Å². The van der Waals surface area contributed by atoms with E-state index in [0.717, 1.165) is 37.2 Å². The van der Waals surface area contributed by atoms with Crippen LogP contribution in [0.4, 0.5) is 0 Å². The Bertz CT molecular complexity index is 293. The molecule has 0 aliphatic carbocycles. The molecule has 0 spiro atoms. The molecule has 0 fully saturated rings. The Hall–Kier alpha value is -1.51. The maximum atomic E-state index is 10.1. The summed E-state index contributed by atoms with van der Waals surface area (Å²) in [5.74, 6) is 1.63.